The molecule has 86 valence electrons. The summed E-state index contributed by atoms with van der Waals surface area (Å²) in [6, 6.07) is 0. The van der Waals surface area contributed by atoms with Gasteiger partial charge in [-0.15, -0.1) is 0 Å². The Hall–Kier alpha value is -0.160. The Kier molecular flexibility index (Phi) is 5.59. The second kappa shape index (κ2) is 5.66. The van der Waals surface area contributed by atoms with Crippen molar-refractivity contribution in [1.29, 1.82) is 0 Å². The summed E-state index contributed by atoms with van der Waals surface area (Å²) >= 11 is 0. The molecule has 4 heteroatoms. The maximum Gasteiger partial charge on any atom is 0.128 e. The molecule has 0 heterocycles. The molecule has 4 nitrogen and oxygen atoms in total. The van der Waals surface area contributed by atoms with Crippen LogP contribution in [-0.2, 0) is 0 Å². The lowest BCUT2D eigenvalue weighted by Crippen LogP contribution is -2.52. The number of aliphatic hydroxyl groups is 2. The van der Waals surface area contributed by atoms with Crippen molar-refractivity contribution in [1.82, 2.24) is 0 Å². The quantitative estimate of drug-likeness (QED) is 0.531. The molecule has 0 unspecified atom stereocenters. The zero-order chi connectivity index (χ0) is 11.2. The molecule has 0 amide bonds. The Morgan fingerprint density at radius 2 is 0.929 bits per heavy atom. The SMILES string of the molecule is C[N+](C)(CCO)CC[N+](C)(C)CCO. The van der Waals surface area contributed by atoms with Gasteiger partial charge in [-0.25, -0.2) is 0 Å². The Bertz CT molecular complexity index is 140. The molecule has 0 radical (unpaired) electrons. The van der Waals surface area contributed by atoms with E-state index in [0.717, 1.165) is 35.1 Å². The van der Waals surface area contributed by atoms with Crippen molar-refractivity contribution in [3.8, 4) is 0 Å². The average molecular weight is 206 g/mol. The highest BCUT2D eigenvalue weighted by Gasteiger charge is 2.21. The van der Waals surface area contributed by atoms with Crippen LogP contribution in [0.2, 0.25) is 0 Å². The molecule has 2 N–H and O–H groups in total. The van der Waals surface area contributed by atoms with Crippen LogP contribution in [0.5, 0.6) is 0 Å². The van der Waals surface area contributed by atoms with Gasteiger partial charge in [0.05, 0.1) is 41.4 Å². The highest BCUT2D eigenvalue weighted by molar-refractivity contribution is 4.36. The normalized spacial score (nSPS) is 13.3. The first kappa shape index (κ1) is 13.8. The topological polar surface area (TPSA) is 40.5 Å². The lowest BCUT2D eigenvalue weighted by Gasteiger charge is -2.35. The molecule has 0 aromatic heterocycles. The average Bonchev–Trinajstić information content (AvgIpc) is 2.01. The summed E-state index contributed by atoms with van der Waals surface area (Å²) in [5.41, 5.74) is 0. The molecule has 0 spiro atoms. The number of hydrogen-bond donors (Lipinski definition) is 2. The van der Waals surface area contributed by atoms with Crippen molar-refractivity contribution in [3.63, 3.8) is 0 Å². The Labute approximate surface area is 87.6 Å². The van der Waals surface area contributed by atoms with Crippen molar-refractivity contribution >= 4 is 0 Å². The van der Waals surface area contributed by atoms with Gasteiger partial charge in [-0.2, -0.15) is 0 Å². The number of rotatable bonds is 7. The Morgan fingerprint density at radius 3 is 1.14 bits per heavy atom. The molecule has 0 aromatic rings. The van der Waals surface area contributed by atoms with Crippen molar-refractivity contribution in [2.45, 2.75) is 0 Å². The Morgan fingerprint density at radius 1 is 0.643 bits per heavy atom. The van der Waals surface area contributed by atoms with Crippen LogP contribution in [0.1, 0.15) is 0 Å². The third kappa shape index (κ3) is 6.32. The number of hydrogen-bond acceptors (Lipinski definition) is 2. The number of nitrogens with zero attached hydrogens (tertiary/aromatic N) is 2. The molecule has 0 saturated carbocycles. The van der Waals surface area contributed by atoms with Crippen LogP contribution in [-0.4, -0.2) is 86.8 Å². The molecule has 0 saturated heterocycles. The van der Waals surface area contributed by atoms with Crippen LogP contribution < -0.4 is 0 Å². The van der Waals surface area contributed by atoms with E-state index in [9.17, 15) is 0 Å². The van der Waals surface area contributed by atoms with Gasteiger partial charge in [-0.3, -0.25) is 0 Å². The van der Waals surface area contributed by atoms with Gasteiger partial charge in [0.25, 0.3) is 0 Å². The van der Waals surface area contributed by atoms with Gasteiger partial charge >= 0.3 is 0 Å². The van der Waals surface area contributed by atoms with Crippen LogP contribution in [0.4, 0.5) is 0 Å². The molecule has 0 atom stereocenters. The fourth-order valence-electron chi connectivity index (χ4n) is 1.31. The van der Waals surface area contributed by atoms with Gasteiger partial charge in [-0.1, -0.05) is 0 Å². The summed E-state index contributed by atoms with van der Waals surface area (Å²) in [6.07, 6.45) is 0. The van der Waals surface area contributed by atoms with Crippen molar-refractivity contribution in [3.05, 3.63) is 0 Å². The Balaban J connectivity index is 3.90. The van der Waals surface area contributed by atoms with E-state index < -0.39 is 0 Å². The molecule has 14 heavy (non-hydrogen) atoms. The fraction of sp³-hybridized carbons (Fsp3) is 1.00. The smallest absolute Gasteiger partial charge is 0.128 e. The molecule has 0 fully saturated rings. The largest absolute Gasteiger partial charge is 0.391 e. The number of aliphatic hydroxyl groups excluding tert-OH is 2. The van der Waals surface area contributed by atoms with Crippen LogP contribution in [0, 0.1) is 0 Å². The van der Waals surface area contributed by atoms with E-state index in [-0.39, 0.29) is 13.2 Å². The minimum absolute atomic E-state index is 0.237. The summed E-state index contributed by atoms with van der Waals surface area (Å²) in [4.78, 5) is 0. The van der Waals surface area contributed by atoms with Gasteiger partial charge in [-0.05, 0) is 0 Å². The second-order valence-corrected chi connectivity index (χ2v) is 5.21. The molecule has 0 aromatic carbocycles. The predicted molar refractivity (Wildman–Crippen MR) is 57.9 cm³/mol. The molecule has 0 rings (SSSR count). The minimum Gasteiger partial charge on any atom is -0.391 e. The summed E-state index contributed by atoms with van der Waals surface area (Å²) in [5, 5.41) is 17.7. The van der Waals surface area contributed by atoms with Crippen LogP contribution in [0.3, 0.4) is 0 Å². The van der Waals surface area contributed by atoms with Gasteiger partial charge in [0, 0.05) is 0 Å². The van der Waals surface area contributed by atoms with Crippen LogP contribution in [0.15, 0.2) is 0 Å². The highest BCUT2D eigenvalue weighted by atomic mass is 16.3. The standard InChI is InChI=1S/C10H26N2O2/c1-11(2,7-9-13)5-6-12(3,4)8-10-14/h13-14H,5-10H2,1-4H3/q+2. The minimum atomic E-state index is 0.237. The van der Waals surface area contributed by atoms with E-state index in [0.29, 0.717) is 0 Å². The zero-order valence-electron chi connectivity index (χ0n) is 10.0. The zero-order valence-corrected chi connectivity index (χ0v) is 10.0. The van der Waals surface area contributed by atoms with E-state index in [4.69, 9.17) is 10.2 Å². The van der Waals surface area contributed by atoms with Crippen molar-refractivity contribution < 1.29 is 19.2 Å². The first-order valence-corrected chi connectivity index (χ1v) is 5.19. The van der Waals surface area contributed by atoms with Crippen LogP contribution >= 0.6 is 0 Å². The first-order valence-electron chi connectivity index (χ1n) is 5.19. The maximum atomic E-state index is 8.87. The van der Waals surface area contributed by atoms with E-state index in [1.807, 2.05) is 0 Å². The summed E-state index contributed by atoms with van der Waals surface area (Å²) in [7, 11) is 8.48. The van der Waals surface area contributed by atoms with E-state index in [2.05, 4.69) is 28.2 Å². The summed E-state index contributed by atoms with van der Waals surface area (Å²) < 4.78 is 1.67. The van der Waals surface area contributed by atoms with Crippen LogP contribution in [0.25, 0.3) is 0 Å². The molecule has 0 bridgehead atoms. The van der Waals surface area contributed by atoms with Crippen molar-refractivity contribution in [2.24, 2.45) is 0 Å². The highest BCUT2D eigenvalue weighted by Crippen LogP contribution is 2.01. The lowest BCUT2D eigenvalue weighted by molar-refractivity contribution is -0.946. The first-order chi connectivity index (χ1) is 6.33. The maximum absolute atomic E-state index is 8.87. The van der Waals surface area contributed by atoms with E-state index in [1.165, 1.54) is 0 Å². The van der Waals surface area contributed by atoms with E-state index >= 15 is 0 Å². The second-order valence-electron chi connectivity index (χ2n) is 5.21. The van der Waals surface area contributed by atoms with E-state index in [1.54, 1.807) is 0 Å². The molecule has 0 aliphatic rings. The monoisotopic (exact) mass is 206 g/mol. The summed E-state index contributed by atoms with van der Waals surface area (Å²) in [5.74, 6) is 0. The van der Waals surface area contributed by atoms with Gasteiger partial charge in [0.2, 0.25) is 0 Å². The fourth-order valence-corrected chi connectivity index (χ4v) is 1.31. The molecule has 0 aliphatic heterocycles. The molecule has 0 aliphatic carbocycles. The molecular weight excluding hydrogens is 180 g/mol. The van der Waals surface area contributed by atoms with Gasteiger partial charge in [0.15, 0.2) is 0 Å². The third-order valence-corrected chi connectivity index (χ3v) is 2.72. The van der Waals surface area contributed by atoms with Gasteiger partial charge < -0.3 is 19.2 Å². The number of likely N-dealkylation sites (N-methyl/N-ethyl adjacent to an activating group) is 2. The predicted octanol–water partition coefficient (Wildman–Crippen LogP) is -0.876. The van der Waals surface area contributed by atoms with Gasteiger partial charge in [0.1, 0.15) is 26.2 Å². The molecular formula is C10H26N2O2+2. The third-order valence-electron chi connectivity index (χ3n) is 2.72. The lowest BCUT2D eigenvalue weighted by atomic mass is 10.3. The van der Waals surface area contributed by atoms with Crippen molar-refractivity contribution in [2.75, 3.05) is 67.6 Å². The summed E-state index contributed by atoms with van der Waals surface area (Å²) in [6.45, 7) is 4.10. The number of quaternary nitrogens is 2.